The van der Waals surface area contributed by atoms with Gasteiger partial charge in [0, 0.05) is 30.5 Å². The Morgan fingerprint density at radius 2 is 1.82 bits per heavy atom. The number of H-pyrrole nitrogens is 1. The molecule has 2 aliphatic heterocycles. The van der Waals surface area contributed by atoms with Crippen LogP contribution in [0, 0.1) is 30.3 Å². The lowest BCUT2D eigenvalue weighted by Gasteiger charge is -2.30. The summed E-state index contributed by atoms with van der Waals surface area (Å²) in [6, 6.07) is 1.33. The van der Waals surface area contributed by atoms with Crippen LogP contribution in [0.3, 0.4) is 0 Å². The molecule has 0 fully saturated rings. The van der Waals surface area contributed by atoms with Crippen LogP contribution >= 0.6 is 0 Å². The number of hydrogen-bond donors (Lipinski definition) is 1. The third-order valence-electron chi connectivity index (χ3n) is 6.16. The van der Waals surface area contributed by atoms with E-state index in [1.807, 2.05) is 0 Å². The third kappa shape index (κ3) is 3.51. The lowest BCUT2D eigenvalue weighted by Crippen LogP contribution is -2.34. The molecule has 0 saturated carbocycles. The SMILES string of the molecule is Cc1nc(C(=O)C2CC3=N[C@@H](Cc4c3nn(C)c4-c3cc(F)c(F)c(F)c3)C2)c(C(F)(F)F)[nH]1. The van der Waals surface area contributed by atoms with Gasteiger partial charge >= 0.3 is 6.18 Å². The van der Waals surface area contributed by atoms with Crippen LogP contribution in [0.15, 0.2) is 17.1 Å². The van der Waals surface area contributed by atoms with Gasteiger partial charge in [-0.05, 0) is 31.9 Å². The molecule has 6 nitrogen and oxygen atoms in total. The first-order chi connectivity index (χ1) is 15.9. The normalized spacial score (nSPS) is 19.7. The number of aromatic amines is 1. The highest BCUT2D eigenvalue weighted by Gasteiger charge is 2.43. The maximum Gasteiger partial charge on any atom is 0.433 e. The van der Waals surface area contributed by atoms with E-state index < -0.39 is 52.8 Å². The number of imidazole rings is 1. The van der Waals surface area contributed by atoms with Crippen LogP contribution in [0.2, 0.25) is 0 Å². The van der Waals surface area contributed by atoms with Gasteiger partial charge in [0.25, 0.3) is 0 Å². The van der Waals surface area contributed by atoms with Gasteiger partial charge in [-0.25, -0.2) is 18.2 Å². The van der Waals surface area contributed by atoms with Crippen LogP contribution in [-0.2, 0) is 19.6 Å². The Balaban J connectivity index is 1.50. The van der Waals surface area contributed by atoms with Crippen LogP contribution in [0.4, 0.5) is 26.3 Å². The fourth-order valence-electron chi connectivity index (χ4n) is 4.81. The molecule has 0 saturated heterocycles. The van der Waals surface area contributed by atoms with Crippen molar-refractivity contribution < 1.29 is 31.1 Å². The molecule has 0 amide bonds. The fraction of sp³-hybridized carbons (Fsp3) is 0.364. The molecule has 2 aromatic heterocycles. The highest BCUT2D eigenvalue weighted by atomic mass is 19.4. The number of carbonyl (C=O) groups is 1. The highest BCUT2D eigenvalue weighted by Crippen LogP contribution is 2.39. The van der Waals surface area contributed by atoms with Gasteiger partial charge in [-0.15, -0.1) is 0 Å². The van der Waals surface area contributed by atoms with Gasteiger partial charge in [-0.3, -0.25) is 14.5 Å². The Morgan fingerprint density at radius 1 is 1.15 bits per heavy atom. The molecule has 0 spiro atoms. The van der Waals surface area contributed by atoms with E-state index in [0.29, 0.717) is 22.7 Å². The number of hydrogen-bond acceptors (Lipinski definition) is 4. The summed E-state index contributed by atoms with van der Waals surface area (Å²) < 4.78 is 82.7. The number of halogens is 6. The van der Waals surface area contributed by atoms with E-state index in [9.17, 15) is 31.1 Å². The zero-order valence-corrected chi connectivity index (χ0v) is 17.9. The third-order valence-corrected chi connectivity index (χ3v) is 6.16. The zero-order valence-electron chi connectivity index (χ0n) is 17.9. The maximum absolute atomic E-state index is 13.9. The van der Waals surface area contributed by atoms with E-state index in [1.165, 1.54) is 11.6 Å². The van der Waals surface area contributed by atoms with Gasteiger partial charge in [0.1, 0.15) is 17.2 Å². The lowest BCUT2D eigenvalue weighted by atomic mass is 9.79. The highest BCUT2D eigenvalue weighted by molar-refractivity contribution is 6.07. The molecule has 4 heterocycles. The zero-order chi connectivity index (χ0) is 24.5. The van der Waals surface area contributed by atoms with Crippen LogP contribution in [0.25, 0.3) is 11.3 Å². The smallest absolute Gasteiger partial charge is 0.338 e. The van der Waals surface area contributed by atoms with Crippen molar-refractivity contribution in [3.8, 4) is 11.3 Å². The summed E-state index contributed by atoms with van der Waals surface area (Å²) in [6.07, 6.45) is -4.26. The van der Waals surface area contributed by atoms with E-state index in [2.05, 4.69) is 20.1 Å². The average molecular weight is 481 g/mol. The van der Waals surface area contributed by atoms with Crippen molar-refractivity contribution in [2.75, 3.05) is 0 Å². The number of rotatable bonds is 3. The van der Waals surface area contributed by atoms with Crippen molar-refractivity contribution in [2.24, 2.45) is 18.0 Å². The summed E-state index contributed by atoms with van der Waals surface area (Å²) in [4.78, 5) is 23.5. The van der Waals surface area contributed by atoms with E-state index >= 15 is 0 Å². The number of nitrogens with zero attached hydrogens (tertiary/aromatic N) is 4. The number of fused-ring (bicyclic) bond motifs is 3. The van der Waals surface area contributed by atoms with Gasteiger partial charge in [0.2, 0.25) is 0 Å². The molecular formula is C22H17F6N5O. The maximum atomic E-state index is 13.9. The first kappa shape index (κ1) is 22.4. The van der Waals surface area contributed by atoms with Crippen LogP contribution in [0.5, 0.6) is 0 Å². The molecule has 2 aliphatic rings. The minimum Gasteiger partial charge on any atom is -0.338 e. The summed E-state index contributed by atoms with van der Waals surface area (Å²) in [5, 5.41) is 4.39. The predicted molar refractivity (Wildman–Crippen MR) is 108 cm³/mol. The molecule has 2 bridgehead atoms. The Kier molecular flexibility index (Phi) is 4.96. The fourth-order valence-corrected chi connectivity index (χ4v) is 4.81. The largest absolute Gasteiger partial charge is 0.433 e. The number of ketones is 1. The molecule has 0 radical (unpaired) electrons. The number of nitrogens with one attached hydrogen (secondary N) is 1. The molecule has 2 atom stereocenters. The van der Waals surface area contributed by atoms with E-state index in [-0.39, 0.29) is 30.7 Å². The number of alkyl halides is 3. The van der Waals surface area contributed by atoms with Crippen molar-refractivity contribution in [1.82, 2.24) is 19.7 Å². The van der Waals surface area contributed by atoms with Crippen molar-refractivity contribution in [3.63, 3.8) is 0 Å². The summed E-state index contributed by atoms with van der Waals surface area (Å²) in [5.41, 5.74) is 0.149. The molecule has 1 unspecified atom stereocenters. The molecule has 34 heavy (non-hydrogen) atoms. The minimum atomic E-state index is -4.75. The first-order valence-corrected chi connectivity index (χ1v) is 10.4. The average Bonchev–Trinajstić information content (AvgIpc) is 3.31. The minimum absolute atomic E-state index is 0.0144. The number of aryl methyl sites for hydroxylation is 2. The number of Topliss-reactive ketones (excluding diaryl/α,β-unsaturated/α-hetero) is 1. The Morgan fingerprint density at radius 3 is 2.47 bits per heavy atom. The van der Waals surface area contributed by atoms with Gasteiger partial charge in [-0.1, -0.05) is 0 Å². The van der Waals surface area contributed by atoms with Gasteiger partial charge < -0.3 is 4.98 Å². The Bertz CT molecular complexity index is 1350. The lowest BCUT2D eigenvalue weighted by molar-refractivity contribution is -0.141. The molecule has 178 valence electrons. The van der Waals surface area contributed by atoms with E-state index in [1.54, 1.807) is 7.05 Å². The predicted octanol–water partition coefficient (Wildman–Crippen LogP) is 4.56. The summed E-state index contributed by atoms with van der Waals surface area (Å²) in [6.45, 7) is 1.34. The Labute approximate surface area is 188 Å². The molecule has 1 aromatic carbocycles. The standard InChI is InChI=1S/C22H17F6N5O/c1-8-29-18(21(30-8)22(26,27)28)20(34)10-3-11-7-12-17(15(6-10)31-11)32-33(2)19(12)9-4-13(23)16(25)14(24)5-9/h4-5,10-11H,3,6-7H2,1-2H3,(H,29,30)/t10?,11-/m1/s1. The van der Waals surface area contributed by atoms with Gasteiger partial charge in [-0.2, -0.15) is 18.3 Å². The van der Waals surface area contributed by atoms with Gasteiger partial charge in [0.05, 0.1) is 17.4 Å². The molecule has 5 rings (SSSR count). The monoisotopic (exact) mass is 481 g/mol. The number of aromatic nitrogens is 4. The van der Waals surface area contributed by atoms with Crippen molar-refractivity contribution >= 4 is 11.5 Å². The van der Waals surface area contributed by atoms with E-state index in [0.717, 1.165) is 12.1 Å². The Hall–Kier alpha value is -3.44. The van der Waals surface area contributed by atoms with Gasteiger partial charge in [0.15, 0.2) is 28.9 Å². The quantitative estimate of drug-likeness (QED) is 0.339. The van der Waals surface area contributed by atoms with Crippen molar-refractivity contribution in [2.45, 2.75) is 38.4 Å². The van der Waals surface area contributed by atoms with Crippen LogP contribution in [0.1, 0.15) is 46.1 Å². The number of carbonyl (C=O) groups excluding carboxylic acids is 1. The second-order valence-corrected chi connectivity index (χ2v) is 8.53. The van der Waals surface area contributed by atoms with Crippen molar-refractivity contribution in [3.05, 3.63) is 58.1 Å². The van der Waals surface area contributed by atoms with Crippen molar-refractivity contribution in [1.29, 1.82) is 0 Å². The summed E-state index contributed by atoms with van der Waals surface area (Å²) in [5.74, 6) is -5.76. The topological polar surface area (TPSA) is 75.9 Å². The second kappa shape index (κ2) is 7.54. The molecule has 12 heteroatoms. The number of aliphatic imine (C=N–C) groups is 1. The summed E-state index contributed by atoms with van der Waals surface area (Å²) in [7, 11) is 1.56. The summed E-state index contributed by atoms with van der Waals surface area (Å²) >= 11 is 0. The number of benzene rings is 1. The molecule has 0 aliphatic carbocycles. The molecule has 3 aromatic rings. The van der Waals surface area contributed by atoms with Crippen LogP contribution < -0.4 is 0 Å². The van der Waals surface area contributed by atoms with Crippen LogP contribution in [-0.4, -0.2) is 37.3 Å². The molecule has 1 N–H and O–H groups in total. The second-order valence-electron chi connectivity index (χ2n) is 8.53. The first-order valence-electron chi connectivity index (χ1n) is 10.4. The van der Waals surface area contributed by atoms with E-state index in [4.69, 9.17) is 0 Å². The molecular weight excluding hydrogens is 464 g/mol.